The summed E-state index contributed by atoms with van der Waals surface area (Å²) in [4.78, 5) is 13.3. The first-order valence-corrected chi connectivity index (χ1v) is 11.1. The lowest BCUT2D eigenvalue weighted by Gasteiger charge is -2.11. The van der Waals surface area contributed by atoms with Crippen LogP contribution in [0.4, 0.5) is 4.39 Å². The van der Waals surface area contributed by atoms with Crippen molar-refractivity contribution >= 4 is 28.4 Å². The molecule has 0 radical (unpaired) electrons. The van der Waals surface area contributed by atoms with Crippen LogP contribution in [0.5, 0.6) is 5.75 Å². The van der Waals surface area contributed by atoms with Crippen molar-refractivity contribution in [2.75, 3.05) is 12.4 Å². The van der Waals surface area contributed by atoms with Gasteiger partial charge in [-0.25, -0.2) is 8.96 Å². The fraction of sp³-hybridized carbons (Fsp3) is 0.125. The third-order valence-electron chi connectivity index (χ3n) is 5.08. The topological polar surface area (TPSA) is 61.4 Å². The van der Waals surface area contributed by atoms with Gasteiger partial charge in [0, 0.05) is 5.75 Å². The number of halogens is 1. The van der Waals surface area contributed by atoms with E-state index in [2.05, 4.69) is 10.2 Å². The molecule has 0 saturated carbocycles. The molecule has 5 aromatic rings. The van der Waals surface area contributed by atoms with E-state index in [4.69, 9.17) is 4.74 Å². The van der Waals surface area contributed by atoms with E-state index in [0.29, 0.717) is 34.4 Å². The molecule has 2 aromatic heterocycles. The SMILES string of the molecule is Cc1ccc(-n2c(=O)c3ccccc3n3c(SCCOc4ccc(F)cc4)nnc23)cc1. The Morgan fingerprint density at radius 2 is 1.72 bits per heavy atom. The Kier molecular flexibility index (Phi) is 5.36. The molecule has 0 N–H and O–H groups in total. The molecule has 5 rings (SSSR count). The molecule has 0 saturated heterocycles. The lowest BCUT2D eigenvalue weighted by molar-refractivity contribution is 0.343. The van der Waals surface area contributed by atoms with Gasteiger partial charge in [0.2, 0.25) is 5.78 Å². The minimum atomic E-state index is -0.298. The Balaban J connectivity index is 1.51. The van der Waals surface area contributed by atoms with E-state index in [1.165, 1.54) is 23.9 Å². The van der Waals surface area contributed by atoms with Crippen molar-refractivity contribution < 1.29 is 9.13 Å². The Hall–Kier alpha value is -3.65. The van der Waals surface area contributed by atoms with Crippen molar-refractivity contribution in [1.82, 2.24) is 19.2 Å². The third-order valence-corrected chi connectivity index (χ3v) is 5.98. The number of benzene rings is 3. The molecular formula is C24H19FN4O2S. The summed E-state index contributed by atoms with van der Waals surface area (Å²) in [5.74, 6) is 1.38. The van der Waals surface area contributed by atoms with Crippen molar-refractivity contribution in [2.45, 2.75) is 12.1 Å². The lowest BCUT2D eigenvalue weighted by atomic mass is 10.2. The fourth-order valence-corrected chi connectivity index (χ4v) is 4.28. The second-order valence-corrected chi connectivity index (χ2v) is 8.32. The highest BCUT2D eigenvalue weighted by atomic mass is 32.2. The first-order chi connectivity index (χ1) is 15.6. The summed E-state index contributed by atoms with van der Waals surface area (Å²) in [5, 5.41) is 9.96. The van der Waals surface area contributed by atoms with Crippen LogP contribution in [0.2, 0.25) is 0 Å². The highest BCUT2D eigenvalue weighted by Gasteiger charge is 2.17. The number of rotatable bonds is 6. The number of hydrogen-bond acceptors (Lipinski definition) is 5. The molecule has 0 unspecified atom stereocenters. The third kappa shape index (κ3) is 3.73. The van der Waals surface area contributed by atoms with Gasteiger partial charge in [-0.3, -0.25) is 9.20 Å². The second kappa shape index (κ2) is 8.47. The van der Waals surface area contributed by atoms with E-state index < -0.39 is 0 Å². The summed E-state index contributed by atoms with van der Waals surface area (Å²) < 4.78 is 22.2. The fourth-order valence-electron chi connectivity index (χ4n) is 3.52. The van der Waals surface area contributed by atoms with Gasteiger partial charge in [-0.1, -0.05) is 41.6 Å². The predicted molar refractivity (Wildman–Crippen MR) is 123 cm³/mol. The number of fused-ring (bicyclic) bond motifs is 3. The minimum absolute atomic E-state index is 0.138. The van der Waals surface area contributed by atoms with Crippen LogP contribution in [0.15, 0.2) is 82.7 Å². The number of thioether (sulfide) groups is 1. The quantitative estimate of drug-likeness (QED) is 0.281. The molecule has 0 spiro atoms. The summed E-state index contributed by atoms with van der Waals surface area (Å²) >= 11 is 1.48. The van der Waals surface area contributed by atoms with E-state index in [1.807, 2.05) is 59.9 Å². The van der Waals surface area contributed by atoms with E-state index >= 15 is 0 Å². The van der Waals surface area contributed by atoms with Crippen LogP contribution in [-0.2, 0) is 0 Å². The largest absolute Gasteiger partial charge is 0.493 e. The Bertz CT molecular complexity index is 1460. The summed E-state index contributed by atoms with van der Waals surface area (Å²) in [6.07, 6.45) is 0. The molecule has 0 fully saturated rings. The number of nitrogens with zero attached hydrogens (tertiary/aromatic N) is 4. The van der Waals surface area contributed by atoms with Gasteiger partial charge >= 0.3 is 0 Å². The Labute approximate surface area is 187 Å². The van der Waals surface area contributed by atoms with Crippen molar-refractivity contribution in [3.8, 4) is 11.4 Å². The molecule has 6 nitrogen and oxygen atoms in total. The van der Waals surface area contributed by atoms with Crippen molar-refractivity contribution in [3.05, 3.63) is 94.5 Å². The summed E-state index contributed by atoms with van der Waals surface area (Å²) in [6, 6.07) is 21.1. The first-order valence-electron chi connectivity index (χ1n) is 10.1. The van der Waals surface area contributed by atoms with Gasteiger partial charge in [-0.15, -0.1) is 10.2 Å². The first kappa shape index (κ1) is 20.3. The standard InChI is InChI=1S/C24H19FN4O2S/c1-16-6-10-18(11-7-16)28-22(30)20-4-2-3-5-21(20)29-23(28)26-27-24(29)32-15-14-31-19-12-8-17(25)9-13-19/h2-13H,14-15H2,1H3. The van der Waals surface area contributed by atoms with E-state index in [0.717, 1.165) is 16.8 Å². The molecule has 0 bridgehead atoms. The lowest BCUT2D eigenvalue weighted by Crippen LogP contribution is -2.21. The second-order valence-electron chi connectivity index (χ2n) is 7.26. The van der Waals surface area contributed by atoms with Gasteiger partial charge in [0.15, 0.2) is 5.16 Å². The minimum Gasteiger partial charge on any atom is -0.493 e. The zero-order valence-corrected chi connectivity index (χ0v) is 18.1. The number of aryl methyl sites for hydroxylation is 1. The zero-order chi connectivity index (χ0) is 22.1. The highest BCUT2D eigenvalue weighted by molar-refractivity contribution is 7.99. The van der Waals surface area contributed by atoms with Gasteiger partial charge in [0.25, 0.3) is 5.56 Å². The molecule has 0 aliphatic carbocycles. The molecule has 0 atom stereocenters. The van der Waals surface area contributed by atoms with Crippen molar-refractivity contribution in [1.29, 1.82) is 0 Å². The van der Waals surface area contributed by atoms with Gasteiger partial charge in [0.1, 0.15) is 11.6 Å². The van der Waals surface area contributed by atoms with Crippen LogP contribution in [0, 0.1) is 12.7 Å². The monoisotopic (exact) mass is 446 g/mol. The van der Waals surface area contributed by atoms with Crippen LogP contribution >= 0.6 is 11.8 Å². The molecule has 32 heavy (non-hydrogen) atoms. The molecule has 0 aliphatic heterocycles. The maximum absolute atomic E-state index is 13.3. The predicted octanol–water partition coefficient (Wildman–Crippen LogP) is 4.65. The van der Waals surface area contributed by atoms with Crippen LogP contribution in [0.1, 0.15) is 5.56 Å². The molecule has 2 heterocycles. The van der Waals surface area contributed by atoms with Crippen LogP contribution < -0.4 is 10.3 Å². The Morgan fingerprint density at radius 1 is 0.969 bits per heavy atom. The highest BCUT2D eigenvalue weighted by Crippen LogP contribution is 2.23. The molecule has 0 amide bonds. The zero-order valence-electron chi connectivity index (χ0n) is 17.2. The average Bonchev–Trinajstić information content (AvgIpc) is 3.23. The van der Waals surface area contributed by atoms with Gasteiger partial charge in [-0.05, 0) is 55.5 Å². The number of para-hydroxylation sites is 1. The normalized spacial score (nSPS) is 11.3. The van der Waals surface area contributed by atoms with Crippen LogP contribution in [-0.4, -0.2) is 31.5 Å². The van der Waals surface area contributed by atoms with Gasteiger partial charge in [-0.2, -0.15) is 0 Å². The van der Waals surface area contributed by atoms with Crippen LogP contribution in [0.3, 0.4) is 0 Å². The average molecular weight is 447 g/mol. The van der Waals surface area contributed by atoms with Crippen molar-refractivity contribution in [2.24, 2.45) is 0 Å². The Morgan fingerprint density at radius 3 is 2.50 bits per heavy atom. The number of ether oxygens (including phenoxy) is 1. The number of hydrogen-bond donors (Lipinski definition) is 0. The smallest absolute Gasteiger partial charge is 0.267 e. The molecule has 0 aliphatic rings. The molecule has 160 valence electrons. The van der Waals surface area contributed by atoms with E-state index in [-0.39, 0.29) is 11.4 Å². The van der Waals surface area contributed by atoms with Crippen molar-refractivity contribution in [3.63, 3.8) is 0 Å². The van der Waals surface area contributed by atoms with Gasteiger partial charge in [0.05, 0.1) is 23.2 Å². The summed E-state index contributed by atoms with van der Waals surface area (Å²) in [5.41, 5.74) is 2.46. The van der Waals surface area contributed by atoms with E-state index in [1.54, 1.807) is 16.7 Å². The van der Waals surface area contributed by atoms with E-state index in [9.17, 15) is 9.18 Å². The number of aromatic nitrogens is 4. The maximum atomic E-state index is 13.3. The molecule has 8 heteroatoms. The maximum Gasteiger partial charge on any atom is 0.267 e. The summed E-state index contributed by atoms with van der Waals surface area (Å²) in [6.45, 7) is 2.42. The molecule has 3 aromatic carbocycles. The van der Waals surface area contributed by atoms with Gasteiger partial charge < -0.3 is 4.74 Å². The molecular weight excluding hydrogens is 427 g/mol. The van der Waals surface area contributed by atoms with Crippen LogP contribution in [0.25, 0.3) is 22.4 Å². The summed E-state index contributed by atoms with van der Waals surface area (Å²) in [7, 11) is 0.